The Morgan fingerprint density at radius 2 is 1.95 bits per heavy atom. The molecule has 0 aliphatic carbocycles. The van der Waals surface area contributed by atoms with Gasteiger partial charge < -0.3 is 19.3 Å². The predicted octanol–water partition coefficient (Wildman–Crippen LogP) is 2.09. The lowest BCUT2D eigenvalue weighted by atomic mass is 10.1. The molecule has 1 rings (SSSR count). The van der Waals surface area contributed by atoms with E-state index in [4.69, 9.17) is 19.3 Å². The lowest BCUT2D eigenvalue weighted by molar-refractivity contribution is 0.0336. The molecule has 0 atom stereocenters. The lowest BCUT2D eigenvalue weighted by Crippen LogP contribution is -2.07. The van der Waals surface area contributed by atoms with Gasteiger partial charge in [-0.2, -0.15) is 0 Å². The van der Waals surface area contributed by atoms with Crippen molar-refractivity contribution >= 4 is 5.97 Å². The second-order valence-corrected chi connectivity index (χ2v) is 4.13. The number of benzene rings is 1. The van der Waals surface area contributed by atoms with Gasteiger partial charge in [-0.25, -0.2) is 9.18 Å². The largest absolute Gasteiger partial charge is 0.478 e. The first kappa shape index (κ1) is 16.6. The first-order chi connectivity index (χ1) is 9.65. The molecule has 0 bridgehead atoms. The van der Waals surface area contributed by atoms with Crippen molar-refractivity contribution in [2.45, 2.75) is 13.0 Å². The highest BCUT2D eigenvalue weighted by Gasteiger charge is 2.10. The standard InChI is InChI=1S/C14H19FO5/c1-18-5-2-6-19-7-8-20-10-11-3-4-13(15)12(9-11)14(16)17/h3-4,9H,2,5-8,10H2,1H3,(H,16,17). The molecule has 0 radical (unpaired) electrons. The lowest BCUT2D eigenvalue weighted by Gasteiger charge is -2.07. The molecule has 112 valence electrons. The monoisotopic (exact) mass is 286 g/mol. The van der Waals surface area contributed by atoms with Gasteiger partial charge in [0.2, 0.25) is 0 Å². The molecule has 1 aromatic carbocycles. The number of aromatic carboxylic acids is 1. The molecule has 20 heavy (non-hydrogen) atoms. The van der Waals surface area contributed by atoms with Gasteiger partial charge in [-0.3, -0.25) is 0 Å². The van der Waals surface area contributed by atoms with Crippen LogP contribution in [0.25, 0.3) is 0 Å². The maximum Gasteiger partial charge on any atom is 0.338 e. The van der Waals surface area contributed by atoms with Crippen molar-refractivity contribution in [2.75, 3.05) is 33.5 Å². The Morgan fingerprint density at radius 3 is 2.65 bits per heavy atom. The third-order valence-electron chi connectivity index (χ3n) is 2.54. The number of ether oxygens (including phenoxy) is 3. The number of rotatable bonds is 10. The van der Waals surface area contributed by atoms with Gasteiger partial charge in [-0.05, 0) is 24.1 Å². The van der Waals surface area contributed by atoms with Crippen molar-refractivity contribution in [3.63, 3.8) is 0 Å². The molecule has 0 unspecified atom stereocenters. The van der Waals surface area contributed by atoms with E-state index in [0.29, 0.717) is 32.0 Å². The van der Waals surface area contributed by atoms with Crippen molar-refractivity contribution in [2.24, 2.45) is 0 Å². The Balaban J connectivity index is 2.22. The number of carbonyl (C=O) groups is 1. The minimum Gasteiger partial charge on any atom is -0.478 e. The van der Waals surface area contributed by atoms with Crippen LogP contribution >= 0.6 is 0 Å². The summed E-state index contributed by atoms with van der Waals surface area (Å²) >= 11 is 0. The number of carboxylic acids is 1. The van der Waals surface area contributed by atoms with Crippen LogP contribution in [0.2, 0.25) is 0 Å². The van der Waals surface area contributed by atoms with Crippen molar-refractivity contribution in [1.82, 2.24) is 0 Å². The molecule has 0 fully saturated rings. The van der Waals surface area contributed by atoms with Gasteiger partial charge >= 0.3 is 5.97 Å². The van der Waals surface area contributed by atoms with E-state index < -0.39 is 11.8 Å². The van der Waals surface area contributed by atoms with E-state index in [1.54, 1.807) is 7.11 Å². The number of carboxylic acid groups (broad SMARTS) is 1. The van der Waals surface area contributed by atoms with Crippen molar-refractivity contribution in [3.8, 4) is 0 Å². The molecule has 0 spiro atoms. The molecule has 0 aliphatic rings. The van der Waals surface area contributed by atoms with Crippen molar-refractivity contribution in [1.29, 1.82) is 0 Å². The van der Waals surface area contributed by atoms with Gasteiger partial charge in [0, 0.05) is 20.3 Å². The van der Waals surface area contributed by atoms with Gasteiger partial charge in [-0.15, -0.1) is 0 Å². The third kappa shape index (κ3) is 6.10. The van der Waals surface area contributed by atoms with E-state index in [2.05, 4.69) is 0 Å². The predicted molar refractivity (Wildman–Crippen MR) is 70.3 cm³/mol. The summed E-state index contributed by atoms with van der Waals surface area (Å²) in [5, 5.41) is 8.79. The summed E-state index contributed by atoms with van der Waals surface area (Å²) in [5.41, 5.74) is 0.269. The Labute approximate surface area is 117 Å². The second-order valence-electron chi connectivity index (χ2n) is 4.13. The molecule has 0 saturated heterocycles. The Kier molecular flexibility index (Phi) is 7.79. The van der Waals surface area contributed by atoms with Gasteiger partial charge in [0.1, 0.15) is 5.82 Å². The molecule has 6 heteroatoms. The number of hydrogen-bond donors (Lipinski definition) is 1. The summed E-state index contributed by atoms with van der Waals surface area (Å²) in [6.07, 6.45) is 0.830. The molecule has 1 aromatic rings. The summed E-state index contributed by atoms with van der Waals surface area (Å²) in [6, 6.07) is 3.90. The normalized spacial score (nSPS) is 10.7. The fraction of sp³-hybridized carbons (Fsp3) is 0.500. The highest BCUT2D eigenvalue weighted by molar-refractivity contribution is 5.88. The summed E-state index contributed by atoms with van der Waals surface area (Å²) in [5.74, 6) is -2.03. The van der Waals surface area contributed by atoms with Crippen LogP contribution in [0.3, 0.4) is 0 Å². The quantitative estimate of drug-likeness (QED) is 0.667. The Bertz CT molecular complexity index is 422. The molecule has 0 aliphatic heterocycles. The molecule has 5 nitrogen and oxygen atoms in total. The van der Waals surface area contributed by atoms with Crippen LogP contribution in [-0.2, 0) is 20.8 Å². The Hall–Kier alpha value is -1.50. The first-order valence-electron chi connectivity index (χ1n) is 6.31. The summed E-state index contributed by atoms with van der Waals surface area (Å²) in [6.45, 7) is 2.34. The van der Waals surface area contributed by atoms with E-state index in [0.717, 1.165) is 12.5 Å². The van der Waals surface area contributed by atoms with Gasteiger partial charge in [0.15, 0.2) is 0 Å². The molecule has 0 aromatic heterocycles. The van der Waals surface area contributed by atoms with Crippen LogP contribution in [0.4, 0.5) is 4.39 Å². The number of methoxy groups -OCH3 is 1. The Morgan fingerprint density at radius 1 is 1.20 bits per heavy atom. The van der Waals surface area contributed by atoms with Crippen LogP contribution in [0.5, 0.6) is 0 Å². The van der Waals surface area contributed by atoms with Gasteiger partial charge in [0.25, 0.3) is 0 Å². The van der Waals surface area contributed by atoms with E-state index in [9.17, 15) is 9.18 Å². The molecular weight excluding hydrogens is 267 g/mol. The zero-order valence-electron chi connectivity index (χ0n) is 11.4. The van der Waals surface area contributed by atoms with Crippen LogP contribution < -0.4 is 0 Å². The second kappa shape index (κ2) is 9.41. The van der Waals surface area contributed by atoms with Crippen LogP contribution in [-0.4, -0.2) is 44.6 Å². The van der Waals surface area contributed by atoms with E-state index in [1.165, 1.54) is 12.1 Å². The zero-order chi connectivity index (χ0) is 14.8. The maximum atomic E-state index is 13.2. The summed E-state index contributed by atoms with van der Waals surface area (Å²) < 4.78 is 28.7. The van der Waals surface area contributed by atoms with Gasteiger partial charge in [0.05, 0.1) is 25.4 Å². The SMILES string of the molecule is COCCCOCCOCc1ccc(F)c(C(=O)O)c1. The fourth-order valence-electron chi connectivity index (χ4n) is 1.54. The topological polar surface area (TPSA) is 65.0 Å². The van der Waals surface area contributed by atoms with E-state index in [-0.39, 0.29) is 12.2 Å². The van der Waals surface area contributed by atoms with E-state index >= 15 is 0 Å². The molecule has 0 amide bonds. The van der Waals surface area contributed by atoms with Crippen LogP contribution in [0.1, 0.15) is 22.3 Å². The zero-order valence-corrected chi connectivity index (χ0v) is 11.4. The highest BCUT2D eigenvalue weighted by atomic mass is 19.1. The van der Waals surface area contributed by atoms with E-state index in [1.807, 2.05) is 0 Å². The fourth-order valence-corrected chi connectivity index (χ4v) is 1.54. The van der Waals surface area contributed by atoms with Gasteiger partial charge in [-0.1, -0.05) is 6.07 Å². The molecule has 0 saturated carbocycles. The third-order valence-corrected chi connectivity index (χ3v) is 2.54. The van der Waals surface area contributed by atoms with Crippen molar-refractivity contribution < 1.29 is 28.5 Å². The van der Waals surface area contributed by atoms with Crippen LogP contribution in [0.15, 0.2) is 18.2 Å². The highest BCUT2D eigenvalue weighted by Crippen LogP contribution is 2.11. The molecular formula is C14H19FO5. The van der Waals surface area contributed by atoms with Crippen molar-refractivity contribution in [3.05, 3.63) is 35.1 Å². The average molecular weight is 286 g/mol. The summed E-state index contributed by atoms with van der Waals surface area (Å²) in [4.78, 5) is 10.8. The average Bonchev–Trinajstić information content (AvgIpc) is 2.43. The minimum atomic E-state index is -1.29. The first-order valence-corrected chi connectivity index (χ1v) is 6.31. The molecule has 1 N–H and O–H groups in total. The maximum absolute atomic E-state index is 13.2. The molecule has 0 heterocycles. The smallest absolute Gasteiger partial charge is 0.338 e. The number of halogens is 1. The summed E-state index contributed by atoms with van der Waals surface area (Å²) in [7, 11) is 1.64. The number of hydrogen-bond acceptors (Lipinski definition) is 4. The minimum absolute atomic E-state index is 0.224. The van der Waals surface area contributed by atoms with Crippen LogP contribution in [0, 0.1) is 5.82 Å².